The van der Waals surface area contributed by atoms with E-state index in [9.17, 15) is 18.0 Å². The summed E-state index contributed by atoms with van der Waals surface area (Å²) in [5.41, 5.74) is 0.789. The molecule has 10 heteroatoms. The number of sulfonamides is 1. The minimum atomic E-state index is -3.98. The van der Waals surface area contributed by atoms with E-state index in [0.29, 0.717) is 6.61 Å². The van der Waals surface area contributed by atoms with E-state index in [1.165, 1.54) is 43.8 Å². The van der Waals surface area contributed by atoms with E-state index in [1.54, 1.807) is 6.92 Å². The average molecular weight is 465 g/mol. The van der Waals surface area contributed by atoms with Crippen LogP contribution in [0.2, 0.25) is 0 Å². The summed E-state index contributed by atoms with van der Waals surface area (Å²) >= 11 is 0. The van der Waals surface area contributed by atoms with Gasteiger partial charge in [-0.3, -0.25) is 4.79 Å². The predicted octanol–water partition coefficient (Wildman–Crippen LogP) is 1.82. The number of ether oxygens (including phenoxy) is 3. The number of amides is 1. The highest BCUT2D eigenvalue weighted by Gasteiger charge is 2.27. The Balaban J connectivity index is 2.17. The van der Waals surface area contributed by atoms with E-state index < -0.39 is 28.5 Å². The Hall–Kier alpha value is -2.95. The molecule has 0 aliphatic heterocycles. The van der Waals surface area contributed by atoms with E-state index in [4.69, 9.17) is 14.2 Å². The van der Waals surface area contributed by atoms with Crippen LogP contribution in [0, 0.1) is 0 Å². The molecular formula is C22H28N2O7S. The molecule has 2 rings (SSSR count). The third-order valence-electron chi connectivity index (χ3n) is 4.49. The van der Waals surface area contributed by atoms with Crippen LogP contribution in [-0.2, 0) is 30.8 Å². The predicted molar refractivity (Wildman–Crippen MR) is 118 cm³/mol. The van der Waals surface area contributed by atoms with Gasteiger partial charge in [0.15, 0.2) is 6.61 Å². The first-order chi connectivity index (χ1) is 15.2. The number of nitrogens with one attached hydrogen (secondary N) is 1. The van der Waals surface area contributed by atoms with Gasteiger partial charge in [0.05, 0.1) is 19.3 Å². The van der Waals surface area contributed by atoms with Crippen molar-refractivity contribution in [1.29, 1.82) is 0 Å². The maximum atomic E-state index is 13.2. The zero-order valence-electron chi connectivity index (χ0n) is 18.5. The molecule has 0 aliphatic carbocycles. The summed E-state index contributed by atoms with van der Waals surface area (Å²) in [4.78, 5) is 24.1. The summed E-state index contributed by atoms with van der Waals surface area (Å²) in [6.45, 7) is 1.70. The number of nitrogens with zero attached hydrogens (tertiary/aromatic N) is 1. The monoisotopic (exact) mass is 464 g/mol. The molecule has 32 heavy (non-hydrogen) atoms. The number of hydrogen-bond acceptors (Lipinski definition) is 7. The molecule has 2 aromatic rings. The molecule has 2 aromatic carbocycles. The number of esters is 1. The van der Waals surface area contributed by atoms with E-state index in [1.807, 2.05) is 30.3 Å². The van der Waals surface area contributed by atoms with Crippen molar-refractivity contribution in [2.75, 3.05) is 34.5 Å². The highest BCUT2D eigenvalue weighted by atomic mass is 32.2. The first-order valence-electron chi connectivity index (χ1n) is 9.82. The minimum Gasteiger partial charge on any atom is -0.495 e. The average Bonchev–Trinajstić information content (AvgIpc) is 2.77. The summed E-state index contributed by atoms with van der Waals surface area (Å²) in [5, 5.41) is 2.62. The van der Waals surface area contributed by atoms with Gasteiger partial charge in [0.1, 0.15) is 10.6 Å². The number of hydrogen-bond donors (Lipinski definition) is 1. The molecule has 9 nitrogen and oxygen atoms in total. The van der Waals surface area contributed by atoms with E-state index in [-0.39, 0.29) is 28.8 Å². The van der Waals surface area contributed by atoms with Crippen LogP contribution in [0.5, 0.6) is 5.75 Å². The molecule has 1 N–H and O–H groups in total. The number of carbonyl (C=O) groups is 2. The normalized spacial score (nSPS) is 12.3. The van der Waals surface area contributed by atoms with Crippen LogP contribution < -0.4 is 10.1 Å². The molecule has 0 fully saturated rings. The van der Waals surface area contributed by atoms with E-state index >= 15 is 0 Å². The Kier molecular flexibility index (Phi) is 9.18. The van der Waals surface area contributed by atoms with Gasteiger partial charge >= 0.3 is 5.97 Å². The van der Waals surface area contributed by atoms with Gasteiger partial charge in [0.2, 0.25) is 10.0 Å². The lowest BCUT2D eigenvalue weighted by Gasteiger charge is -2.19. The van der Waals surface area contributed by atoms with Gasteiger partial charge in [-0.1, -0.05) is 30.3 Å². The minimum absolute atomic E-state index is 0.0183. The second-order valence-electron chi connectivity index (χ2n) is 7.11. The Labute approximate surface area is 188 Å². The van der Waals surface area contributed by atoms with Crippen molar-refractivity contribution in [2.45, 2.75) is 24.4 Å². The largest absolute Gasteiger partial charge is 0.495 e. The van der Waals surface area contributed by atoms with Crippen molar-refractivity contribution in [3.8, 4) is 5.75 Å². The summed E-state index contributed by atoms with van der Waals surface area (Å²) in [5.74, 6) is -1.23. The molecule has 1 atom stereocenters. The summed E-state index contributed by atoms with van der Waals surface area (Å²) < 4.78 is 42.6. The first kappa shape index (κ1) is 25.3. The molecule has 0 saturated carbocycles. The van der Waals surface area contributed by atoms with E-state index in [2.05, 4.69) is 5.32 Å². The van der Waals surface area contributed by atoms with Crippen molar-refractivity contribution in [1.82, 2.24) is 9.62 Å². The Morgan fingerprint density at radius 1 is 1.09 bits per heavy atom. The number of rotatable bonds is 11. The molecule has 0 aliphatic rings. The van der Waals surface area contributed by atoms with Crippen molar-refractivity contribution < 1.29 is 32.2 Å². The lowest BCUT2D eigenvalue weighted by Crippen LogP contribution is -2.38. The Morgan fingerprint density at radius 2 is 1.78 bits per heavy atom. The van der Waals surface area contributed by atoms with Gasteiger partial charge in [-0.25, -0.2) is 13.2 Å². The molecule has 0 heterocycles. The van der Waals surface area contributed by atoms with Crippen LogP contribution in [0.1, 0.15) is 22.8 Å². The maximum absolute atomic E-state index is 13.2. The van der Waals surface area contributed by atoms with Crippen LogP contribution >= 0.6 is 0 Å². The third-order valence-corrected chi connectivity index (χ3v) is 6.32. The third kappa shape index (κ3) is 6.78. The quantitative estimate of drug-likeness (QED) is 0.505. The molecule has 0 bridgehead atoms. The molecule has 1 unspecified atom stereocenters. The fourth-order valence-corrected chi connectivity index (χ4v) is 4.26. The van der Waals surface area contributed by atoms with Crippen LogP contribution in [0.3, 0.4) is 0 Å². The highest BCUT2D eigenvalue weighted by Crippen LogP contribution is 2.28. The Morgan fingerprint density at radius 3 is 2.41 bits per heavy atom. The summed E-state index contributed by atoms with van der Waals surface area (Å²) in [7, 11) is 0.312. The van der Waals surface area contributed by atoms with Crippen LogP contribution in [0.15, 0.2) is 53.4 Å². The number of benzene rings is 2. The standard InChI is InChI=1S/C22H28N2O7S/c1-16(14-29-3)23-21(25)15-31-22(26)18-10-11-19(30-4)20(12-18)32(27,28)24(2)13-17-8-6-5-7-9-17/h5-12,16H,13-15H2,1-4H3,(H,23,25). The van der Waals surface area contributed by atoms with Crippen molar-refractivity contribution in [2.24, 2.45) is 0 Å². The topological polar surface area (TPSA) is 111 Å². The first-order valence-corrected chi connectivity index (χ1v) is 11.3. The molecule has 174 valence electrons. The SMILES string of the molecule is COCC(C)NC(=O)COC(=O)c1ccc(OC)c(S(=O)(=O)N(C)Cc2ccccc2)c1. The van der Waals surface area contributed by atoms with Gasteiger partial charge in [-0.15, -0.1) is 0 Å². The zero-order valence-corrected chi connectivity index (χ0v) is 19.3. The smallest absolute Gasteiger partial charge is 0.338 e. The van der Waals surface area contributed by atoms with Gasteiger partial charge in [-0.2, -0.15) is 4.31 Å². The molecular weight excluding hydrogens is 436 g/mol. The van der Waals surface area contributed by atoms with Crippen LogP contribution in [-0.4, -0.2) is 65.1 Å². The maximum Gasteiger partial charge on any atom is 0.338 e. The van der Waals surface area contributed by atoms with Gasteiger partial charge < -0.3 is 19.5 Å². The van der Waals surface area contributed by atoms with Gasteiger partial charge in [-0.05, 0) is 30.7 Å². The van der Waals surface area contributed by atoms with Crippen molar-refractivity contribution in [3.05, 3.63) is 59.7 Å². The zero-order chi connectivity index (χ0) is 23.7. The lowest BCUT2D eigenvalue weighted by atomic mass is 10.2. The van der Waals surface area contributed by atoms with Gasteiger partial charge in [0.25, 0.3) is 5.91 Å². The number of methoxy groups -OCH3 is 2. The molecule has 0 aromatic heterocycles. The van der Waals surface area contributed by atoms with Crippen molar-refractivity contribution >= 4 is 21.9 Å². The molecule has 0 radical (unpaired) electrons. The van der Waals surface area contributed by atoms with Crippen molar-refractivity contribution in [3.63, 3.8) is 0 Å². The molecule has 0 spiro atoms. The van der Waals surface area contributed by atoms with Crippen LogP contribution in [0.25, 0.3) is 0 Å². The summed E-state index contributed by atoms with van der Waals surface area (Å²) in [6, 6.07) is 12.8. The fraction of sp³-hybridized carbons (Fsp3) is 0.364. The Bertz CT molecular complexity index is 1030. The number of carbonyl (C=O) groups excluding carboxylic acids is 2. The lowest BCUT2D eigenvalue weighted by molar-refractivity contribution is -0.125. The second kappa shape index (κ2) is 11.6. The van der Waals surface area contributed by atoms with Gasteiger partial charge in [0, 0.05) is 26.7 Å². The van der Waals surface area contributed by atoms with Crippen LogP contribution in [0.4, 0.5) is 0 Å². The molecule has 1 amide bonds. The summed E-state index contributed by atoms with van der Waals surface area (Å²) in [6.07, 6.45) is 0. The highest BCUT2D eigenvalue weighted by molar-refractivity contribution is 7.89. The second-order valence-corrected chi connectivity index (χ2v) is 9.13. The fourth-order valence-electron chi connectivity index (χ4n) is 2.92. The molecule has 0 saturated heterocycles. The van der Waals surface area contributed by atoms with E-state index in [0.717, 1.165) is 5.56 Å².